The van der Waals surface area contributed by atoms with E-state index in [-0.39, 0.29) is 17.6 Å². The summed E-state index contributed by atoms with van der Waals surface area (Å²) < 4.78 is 3.22. The molecule has 0 spiro atoms. The van der Waals surface area contributed by atoms with Crippen molar-refractivity contribution in [1.82, 2.24) is 35.1 Å². The molecule has 0 radical (unpaired) electrons. The lowest BCUT2D eigenvalue weighted by Crippen LogP contribution is -2.49. The fourth-order valence-corrected chi connectivity index (χ4v) is 7.25. The molecule has 1 aliphatic carbocycles. The Kier molecular flexibility index (Phi) is 6.36. The number of thiazole rings is 1. The van der Waals surface area contributed by atoms with Gasteiger partial charge in [0.1, 0.15) is 6.04 Å². The number of nitrogens with one attached hydrogen (secondary N) is 1. The zero-order chi connectivity index (χ0) is 26.3. The van der Waals surface area contributed by atoms with Crippen molar-refractivity contribution in [3.05, 3.63) is 75.8 Å². The molecule has 9 nitrogen and oxygen atoms in total. The third kappa shape index (κ3) is 4.51. The second kappa shape index (κ2) is 10.2. The first-order chi connectivity index (χ1) is 19.2. The second-order valence-corrected chi connectivity index (χ2v) is 11.8. The Morgan fingerprint density at radius 2 is 1.82 bits per heavy atom. The van der Waals surface area contributed by atoms with Crippen molar-refractivity contribution in [2.45, 2.75) is 51.1 Å². The molecule has 0 bridgehead atoms. The molecule has 1 N–H and O–H groups in total. The molecule has 4 heterocycles. The summed E-state index contributed by atoms with van der Waals surface area (Å²) in [4.78, 5) is 26.5. The van der Waals surface area contributed by atoms with Gasteiger partial charge in [0.05, 0.1) is 21.8 Å². The number of benzene rings is 2. The number of nitrogens with zero attached hydrogens (tertiary/aromatic N) is 7. The fraction of sp³-hybridized carbons (Fsp3) is 0.414. The normalized spacial score (nSPS) is 18.2. The summed E-state index contributed by atoms with van der Waals surface area (Å²) >= 11 is 1.74. The van der Waals surface area contributed by atoms with Crippen LogP contribution in [0.1, 0.15) is 61.1 Å². The van der Waals surface area contributed by atoms with E-state index in [2.05, 4.69) is 54.6 Å². The number of aromatic nitrogens is 6. The SMILES string of the molecule is Cc1cccc2cc([C@H](c3nnnn3C3CCCCC3)N3CCN(c4nc5ccccc5s4)CC3)c(=O)[nH]c12. The average Bonchev–Trinajstić information content (AvgIpc) is 3.63. The number of pyridine rings is 1. The topological polar surface area (TPSA) is 95.8 Å². The van der Waals surface area contributed by atoms with Crippen molar-refractivity contribution in [2.24, 2.45) is 0 Å². The second-order valence-electron chi connectivity index (χ2n) is 10.8. The Bertz CT molecular complexity index is 1640. The summed E-state index contributed by atoms with van der Waals surface area (Å²) in [6, 6.07) is 16.4. The number of piperazine rings is 1. The Hall–Kier alpha value is -3.63. The highest BCUT2D eigenvalue weighted by atomic mass is 32.1. The summed E-state index contributed by atoms with van der Waals surface area (Å²) in [6.07, 6.45) is 5.78. The fourth-order valence-electron chi connectivity index (χ4n) is 6.24. The lowest BCUT2D eigenvalue weighted by molar-refractivity contribution is 0.192. The minimum Gasteiger partial charge on any atom is -0.345 e. The number of aryl methyl sites for hydroxylation is 1. The van der Waals surface area contributed by atoms with Gasteiger partial charge in [-0.1, -0.05) is 60.9 Å². The summed E-state index contributed by atoms with van der Waals surface area (Å²) in [7, 11) is 0. The predicted octanol–water partition coefficient (Wildman–Crippen LogP) is 4.85. The van der Waals surface area contributed by atoms with Crippen LogP contribution in [0.15, 0.2) is 53.3 Å². The number of tetrazole rings is 1. The van der Waals surface area contributed by atoms with E-state index in [0.29, 0.717) is 5.56 Å². The van der Waals surface area contributed by atoms with Crippen molar-refractivity contribution in [3.63, 3.8) is 0 Å². The Morgan fingerprint density at radius 1 is 1.00 bits per heavy atom. The van der Waals surface area contributed by atoms with Gasteiger partial charge in [0.2, 0.25) is 0 Å². The van der Waals surface area contributed by atoms with E-state index >= 15 is 0 Å². The number of hydrogen-bond acceptors (Lipinski definition) is 8. The predicted molar refractivity (Wildman–Crippen MR) is 154 cm³/mol. The molecule has 1 aliphatic heterocycles. The summed E-state index contributed by atoms with van der Waals surface area (Å²) in [5, 5.41) is 15.3. The molecule has 3 aromatic heterocycles. The zero-order valence-electron chi connectivity index (χ0n) is 22.1. The van der Waals surface area contributed by atoms with Crippen LogP contribution in [0.3, 0.4) is 0 Å². The molecule has 0 unspecified atom stereocenters. The number of fused-ring (bicyclic) bond motifs is 2. The first kappa shape index (κ1) is 24.4. The zero-order valence-corrected chi connectivity index (χ0v) is 22.9. The maximum Gasteiger partial charge on any atom is 0.253 e. The first-order valence-corrected chi connectivity index (χ1v) is 14.7. The number of para-hydroxylation sites is 2. The van der Waals surface area contributed by atoms with Gasteiger partial charge in [-0.25, -0.2) is 9.67 Å². The van der Waals surface area contributed by atoms with Crippen LogP contribution in [0.2, 0.25) is 0 Å². The van der Waals surface area contributed by atoms with E-state index in [1.807, 2.05) is 35.9 Å². The molecule has 1 atom stereocenters. The minimum atomic E-state index is -0.326. The van der Waals surface area contributed by atoms with E-state index in [1.54, 1.807) is 11.3 Å². The number of hydrogen-bond donors (Lipinski definition) is 1. The molecule has 39 heavy (non-hydrogen) atoms. The highest BCUT2D eigenvalue weighted by Crippen LogP contribution is 2.35. The van der Waals surface area contributed by atoms with Crippen molar-refractivity contribution < 1.29 is 0 Å². The van der Waals surface area contributed by atoms with Gasteiger partial charge in [-0.15, -0.1) is 5.10 Å². The average molecular weight is 541 g/mol. The molecule has 7 rings (SSSR count). The van der Waals surface area contributed by atoms with Crippen LogP contribution >= 0.6 is 11.3 Å². The quantitative estimate of drug-likeness (QED) is 0.340. The van der Waals surface area contributed by atoms with E-state index in [0.717, 1.165) is 72.0 Å². The number of anilines is 1. The van der Waals surface area contributed by atoms with Crippen molar-refractivity contribution in [2.75, 3.05) is 31.1 Å². The lowest BCUT2D eigenvalue weighted by atomic mass is 9.95. The van der Waals surface area contributed by atoms with Crippen LogP contribution in [0, 0.1) is 6.92 Å². The van der Waals surface area contributed by atoms with Gasteiger partial charge in [0.15, 0.2) is 11.0 Å². The highest BCUT2D eigenvalue weighted by Gasteiger charge is 2.35. The van der Waals surface area contributed by atoms with E-state index in [1.165, 1.54) is 24.0 Å². The molecule has 5 aromatic rings. The van der Waals surface area contributed by atoms with Gasteiger partial charge in [-0.2, -0.15) is 0 Å². The summed E-state index contributed by atoms with van der Waals surface area (Å²) in [5.41, 5.74) is 3.62. The Labute approximate surface area is 230 Å². The van der Waals surface area contributed by atoms with E-state index < -0.39 is 0 Å². The molecule has 2 aromatic carbocycles. The van der Waals surface area contributed by atoms with Gasteiger partial charge in [0, 0.05) is 31.7 Å². The third-order valence-electron chi connectivity index (χ3n) is 8.33. The molecule has 0 amide bonds. The van der Waals surface area contributed by atoms with Crippen LogP contribution in [0.5, 0.6) is 0 Å². The van der Waals surface area contributed by atoms with Crippen LogP contribution < -0.4 is 10.5 Å². The minimum absolute atomic E-state index is 0.0754. The highest BCUT2D eigenvalue weighted by molar-refractivity contribution is 7.22. The third-order valence-corrected chi connectivity index (χ3v) is 9.42. The van der Waals surface area contributed by atoms with Crippen LogP contribution in [0.4, 0.5) is 5.13 Å². The van der Waals surface area contributed by atoms with Crippen molar-refractivity contribution in [3.8, 4) is 0 Å². The molecule has 10 heteroatoms. The van der Waals surface area contributed by atoms with Crippen LogP contribution in [-0.2, 0) is 0 Å². The standard InChI is InChI=1S/C29H32N8OS/c1-19-8-7-9-20-18-22(28(38)31-25(19)20)26(27-32-33-34-37(27)21-10-3-2-4-11-21)35-14-16-36(17-15-35)29-30-23-12-5-6-13-24(23)39-29/h5-9,12-13,18,21,26H,2-4,10-11,14-17H2,1H3,(H,31,38)/t26-/m1/s1. The molecule has 1 saturated carbocycles. The molecule has 2 fully saturated rings. The van der Waals surface area contributed by atoms with Crippen molar-refractivity contribution >= 4 is 37.6 Å². The lowest BCUT2D eigenvalue weighted by Gasteiger charge is -2.39. The van der Waals surface area contributed by atoms with Crippen molar-refractivity contribution in [1.29, 1.82) is 0 Å². The van der Waals surface area contributed by atoms with Gasteiger partial charge in [-0.05, 0) is 59.3 Å². The Morgan fingerprint density at radius 3 is 2.64 bits per heavy atom. The molecule has 200 valence electrons. The van der Waals surface area contributed by atoms with Gasteiger partial charge in [0.25, 0.3) is 5.56 Å². The molecule has 2 aliphatic rings. The summed E-state index contributed by atoms with van der Waals surface area (Å²) in [6.45, 7) is 5.24. The van der Waals surface area contributed by atoms with Gasteiger partial charge < -0.3 is 9.88 Å². The molecular weight excluding hydrogens is 508 g/mol. The smallest absolute Gasteiger partial charge is 0.253 e. The maximum absolute atomic E-state index is 13.7. The van der Waals surface area contributed by atoms with E-state index in [4.69, 9.17) is 4.98 Å². The number of aromatic amines is 1. The van der Waals surface area contributed by atoms with E-state index in [9.17, 15) is 4.79 Å². The maximum atomic E-state index is 13.7. The molecular formula is C29H32N8OS. The van der Waals surface area contributed by atoms with Gasteiger partial charge in [-0.3, -0.25) is 9.69 Å². The van der Waals surface area contributed by atoms with Crippen LogP contribution in [-0.4, -0.2) is 61.3 Å². The largest absolute Gasteiger partial charge is 0.345 e. The number of rotatable bonds is 5. The Balaban J connectivity index is 1.25. The monoisotopic (exact) mass is 540 g/mol. The first-order valence-electron chi connectivity index (χ1n) is 13.9. The molecule has 1 saturated heterocycles. The van der Waals surface area contributed by atoms with Crippen LogP contribution in [0.25, 0.3) is 21.1 Å². The van der Waals surface area contributed by atoms with Gasteiger partial charge >= 0.3 is 0 Å². The summed E-state index contributed by atoms with van der Waals surface area (Å²) in [5.74, 6) is 0.771. The number of H-pyrrole nitrogens is 1.